The fourth-order valence-electron chi connectivity index (χ4n) is 1.29. The number of hydrogen-bond donors (Lipinski definition) is 2. The van der Waals surface area contributed by atoms with Gasteiger partial charge in [-0.2, -0.15) is 0 Å². The molecule has 0 aliphatic rings. The predicted octanol–water partition coefficient (Wildman–Crippen LogP) is 2.55. The minimum atomic E-state index is -3.75. The zero-order valence-corrected chi connectivity index (χ0v) is 15.2. The average Bonchev–Trinajstić information content (AvgIpc) is 2.25. The molecule has 0 atom stereocenters. The van der Waals surface area contributed by atoms with E-state index in [1.54, 1.807) is 19.9 Å². The SMILES string of the molecule is COc1c(Br)cc(Cl)cc1S(=O)(=O)NCC(C)(C)N.Cl. The van der Waals surface area contributed by atoms with Crippen LogP contribution in [-0.2, 0) is 10.0 Å². The van der Waals surface area contributed by atoms with Crippen LogP contribution in [0.15, 0.2) is 21.5 Å². The van der Waals surface area contributed by atoms with E-state index in [1.165, 1.54) is 13.2 Å². The maximum absolute atomic E-state index is 12.2. The summed E-state index contributed by atoms with van der Waals surface area (Å²) in [6, 6.07) is 2.89. The molecule has 0 aromatic heterocycles. The van der Waals surface area contributed by atoms with Gasteiger partial charge in [0.15, 0.2) is 5.75 Å². The molecular formula is C11H17BrCl2N2O3S. The topological polar surface area (TPSA) is 81.4 Å². The number of ether oxygens (including phenoxy) is 1. The lowest BCUT2D eigenvalue weighted by atomic mass is 10.1. The molecule has 0 saturated heterocycles. The summed E-state index contributed by atoms with van der Waals surface area (Å²) in [5.41, 5.74) is 5.10. The van der Waals surface area contributed by atoms with Crippen LogP contribution in [-0.4, -0.2) is 27.6 Å². The number of methoxy groups -OCH3 is 1. The van der Waals surface area contributed by atoms with E-state index in [4.69, 9.17) is 22.1 Å². The van der Waals surface area contributed by atoms with Gasteiger partial charge in [-0.25, -0.2) is 13.1 Å². The monoisotopic (exact) mass is 406 g/mol. The molecule has 0 radical (unpaired) electrons. The van der Waals surface area contributed by atoms with Crippen LogP contribution in [0.4, 0.5) is 0 Å². The Hall–Kier alpha value is -0.0500. The summed E-state index contributed by atoms with van der Waals surface area (Å²) >= 11 is 9.09. The highest BCUT2D eigenvalue weighted by atomic mass is 79.9. The van der Waals surface area contributed by atoms with Crippen LogP contribution in [0.25, 0.3) is 0 Å². The van der Waals surface area contributed by atoms with Gasteiger partial charge < -0.3 is 10.5 Å². The Kier molecular flexibility index (Phi) is 7.27. The van der Waals surface area contributed by atoms with Crippen LogP contribution < -0.4 is 15.2 Å². The molecule has 0 unspecified atom stereocenters. The van der Waals surface area contributed by atoms with E-state index in [0.717, 1.165) is 0 Å². The fraction of sp³-hybridized carbons (Fsp3) is 0.455. The minimum absolute atomic E-state index is 0. The van der Waals surface area contributed by atoms with Crippen molar-refractivity contribution in [1.29, 1.82) is 0 Å². The molecule has 1 aromatic rings. The summed E-state index contributed by atoms with van der Waals surface area (Å²) in [6.07, 6.45) is 0. The van der Waals surface area contributed by atoms with Crippen molar-refractivity contribution in [3.05, 3.63) is 21.6 Å². The van der Waals surface area contributed by atoms with Crippen LogP contribution in [0.3, 0.4) is 0 Å². The van der Waals surface area contributed by atoms with Crippen molar-refractivity contribution in [1.82, 2.24) is 4.72 Å². The smallest absolute Gasteiger partial charge is 0.244 e. The molecule has 9 heteroatoms. The summed E-state index contributed by atoms with van der Waals surface area (Å²) in [6.45, 7) is 3.55. The Morgan fingerprint density at radius 1 is 1.45 bits per heavy atom. The van der Waals surface area contributed by atoms with E-state index in [-0.39, 0.29) is 29.6 Å². The lowest BCUT2D eigenvalue weighted by Crippen LogP contribution is -2.45. The highest BCUT2D eigenvalue weighted by Crippen LogP contribution is 2.35. The van der Waals surface area contributed by atoms with E-state index < -0.39 is 15.6 Å². The van der Waals surface area contributed by atoms with Gasteiger partial charge in [0.1, 0.15) is 4.90 Å². The average molecular weight is 408 g/mol. The number of sulfonamides is 1. The molecule has 0 heterocycles. The van der Waals surface area contributed by atoms with E-state index in [9.17, 15) is 8.42 Å². The van der Waals surface area contributed by atoms with Crippen molar-refractivity contribution in [2.75, 3.05) is 13.7 Å². The van der Waals surface area contributed by atoms with Crippen molar-refractivity contribution in [3.63, 3.8) is 0 Å². The van der Waals surface area contributed by atoms with E-state index >= 15 is 0 Å². The third-order valence-electron chi connectivity index (χ3n) is 2.19. The molecule has 0 bridgehead atoms. The zero-order chi connectivity index (χ0) is 14.8. The maximum atomic E-state index is 12.2. The molecule has 116 valence electrons. The van der Waals surface area contributed by atoms with Crippen molar-refractivity contribution < 1.29 is 13.2 Å². The zero-order valence-electron chi connectivity index (χ0n) is 11.2. The van der Waals surface area contributed by atoms with E-state index in [0.29, 0.717) is 9.50 Å². The van der Waals surface area contributed by atoms with Gasteiger partial charge in [0.25, 0.3) is 0 Å². The quantitative estimate of drug-likeness (QED) is 0.785. The first-order valence-corrected chi connectivity index (χ1v) is 8.04. The molecule has 0 saturated carbocycles. The fourth-order valence-corrected chi connectivity index (χ4v) is 3.90. The molecule has 0 aliphatic heterocycles. The first kappa shape index (κ1) is 19.9. The summed E-state index contributed by atoms with van der Waals surface area (Å²) in [5, 5.41) is 0.292. The normalized spacial score (nSPS) is 11.9. The standard InChI is InChI=1S/C11H16BrClN2O3S.ClH/c1-11(2,14)6-15-19(16,17)9-5-7(13)4-8(12)10(9)18-3;/h4-5,15H,6,14H2,1-3H3;1H. The summed E-state index contributed by atoms with van der Waals surface area (Å²) in [7, 11) is -2.36. The number of nitrogens with two attached hydrogens (primary N) is 1. The second kappa shape index (κ2) is 7.29. The first-order valence-electron chi connectivity index (χ1n) is 5.38. The molecule has 0 fully saturated rings. The van der Waals surface area contributed by atoms with Crippen LogP contribution in [0, 0.1) is 0 Å². The molecule has 5 nitrogen and oxygen atoms in total. The van der Waals surface area contributed by atoms with Crippen molar-refractivity contribution >= 4 is 50.0 Å². The second-order valence-electron chi connectivity index (χ2n) is 4.73. The van der Waals surface area contributed by atoms with Crippen molar-refractivity contribution in [3.8, 4) is 5.75 Å². The minimum Gasteiger partial charge on any atom is -0.494 e. The Morgan fingerprint density at radius 3 is 2.45 bits per heavy atom. The Morgan fingerprint density at radius 2 is 2.00 bits per heavy atom. The van der Waals surface area contributed by atoms with Crippen LogP contribution in [0.5, 0.6) is 5.75 Å². The Balaban J connectivity index is 0.00000361. The van der Waals surface area contributed by atoms with Gasteiger partial charge in [-0.1, -0.05) is 11.6 Å². The summed E-state index contributed by atoms with van der Waals surface area (Å²) < 4.78 is 32.5. The third kappa shape index (κ3) is 5.38. The molecular weight excluding hydrogens is 391 g/mol. The van der Waals surface area contributed by atoms with Gasteiger partial charge in [-0.3, -0.25) is 0 Å². The van der Waals surface area contributed by atoms with Crippen LogP contribution in [0.2, 0.25) is 5.02 Å². The largest absolute Gasteiger partial charge is 0.494 e. The molecule has 0 amide bonds. The van der Waals surface area contributed by atoms with Crippen molar-refractivity contribution in [2.24, 2.45) is 5.73 Å². The van der Waals surface area contributed by atoms with Crippen LogP contribution in [0.1, 0.15) is 13.8 Å². The number of halogens is 3. The Bertz CT molecular complexity index is 574. The van der Waals surface area contributed by atoms with Gasteiger partial charge in [0, 0.05) is 17.1 Å². The molecule has 1 aromatic carbocycles. The molecule has 0 aliphatic carbocycles. The number of rotatable bonds is 5. The van der Waals surface area contributed by atoms with E-state index in [2.05, 4.69) is 20.7 Å². The van der Waals surface area contributed by atoms with Gasteiger partial charge in [-0.05, 0) is 41.9 Å². The third-order valence-corrected chi connectivity index (χ3v) is 4.40. The first-order chi connectivity index (χ1) is 8.57. The van der Waals surface area contributed by atoms with Gasteiger partial charge in [-0.15, -0.1) is 12.4 Å². The molecule has 3 N–H and O–H groups in total. The van der Waals surface area contributed by atoms with Gasteiger partial charge in [0.2, 0.25) is 10.0 Å². The van der Waals surface area contributed by atoms with E-state index in [1.807, 2.05) is 0 Å². The number of hydrogen-bond acceptors (Lipinski definition) is 4. The van der Waals surface area contributed by atoms with Gasteiger partial charge >= 0.3 is 0 Å². The summed E-state index contributed by atoms with van der Waals surface area (Å²) in [5.74, 6) is 0.201. The second-order valence-corrected chi connectivity index (χ2v) is 7.76. The number of nitrogens with one attached hydrogen (secondary N) is 1. The highest BCUT2D eigenvalue weighted by molar-refractivity contribution is 9.10. The lowest BCUT2D eigenvalue weighted by Gasteiger charge is -2.20. The molecule has 0 spiro atoms. The molecule has 20 heavy (non-hydrogen) atoms. The highest BCUT2D eigenvalue weighted by Gasteiger charge is 2.24. The predicted molar refractivity (Wildman–Crippen MR) is 86.4 cm³/mol. The number of benzene rings is 1. The lowest BCUT2D eigenvalue weighted by molar-refractivity contribution is 0.399. The Labute approximate surface area is 138 Å². The van der Waals surface area contributed by atoms with Crippen molar-refractivity contribution in [2.45, 2.75) is 24.3 Å². The molecule has 1 rings (SSSR count). The maximum Gasteiger partial charge on any atom is 0.244 e. The van der Waals surface area contributed by atoms with Gasteiger partial charge in [0.05, 0.1) is 11.6 Å². The van der Waals surface area contributed by atoms with Crippen LogP contribution >= 0.6 is 39.9 Å². The summed E-state index contributed by atoms with van der Waals surface area (Å²) in [4.78, 5) is -0.0291.